The van der Waals surface area contributed by atoms with Gasteiger partial charge in [0.25, 0.3) is 0 Å². The summed E-state index contributed by atoms with van der Waals surface area (Å²) in [6.45, 7) is 3.16. The second-order valence-corrected chi connectivity index (χ2v) is 2.92. The Morgan fingerprint density at radius 2 is 2.25 bits per heavy atom. The molecule has 1 aromatic rings. The van der Waals surface area contributed by atoms with Crippen LogP contribution in [-0.4, -0.2) is 6.61 Å². The summed E-state index contributed by atoms with van der Waals surface area (Å²) in [4.78, 5) is 0. The van der Waals surface area contributed by atoms with Crippen molar-refractivity contribution in [2.24, 2.45) is 0 Å². The minimum Gasteiger partial charge on any atom is -0.398 e. The number of nitrogen functional groups attached to an aromatic ring is 1. The molecule has 0 amide bonds. The van der Waals surface area contributed by atoms with Crippen LogP contribution in [0.15, 0.2) is 18.2 Å². The van der Waals surface area contributed by atoms with Gasteiger partial charge in [0.05, 0.1) is 6.61 Å². The quantitative estimate of drug-likeness (QED) is 0.735. The van der Waals surface area contributed by atoms with Crippen molar-refractivity contribution in [3.63, 3.8) is 0 Å². The van der Waals surface area contributed by atoms with Gasteiger partial charge in [0.15, 0.2) is 0 Å². The Labute approximate surface area is 77.3 Å². The second kappa shape index (κ2) is 4.33. The van der Waals surface area contributed by atoms with E-state index in [0.29, 0.717) is 18.2 Å². The van der Waals surface area contributed by atoms with Crippen LogP contribution in [0.3, 0.4) is 0 Å². The lowest BCUT2D eigenvalue weighted by atomic mass is 10.2. The van der Waals surface area contributed by atoms with E-state index in [-0.39, 0.29) is 0 Å². The molecule has 0 saturated carbocycles. The topological polar surface area (TPSA) is 35.2 Å². The summed E-state index contributed by atoms with van der Waals surface area (Å²) in [5.41, 5.74) is 7.37. The van der Waals surface area contributed by atoms with E-state index in [2.05, 4.69) is 0 Å². The molecule has 0 atom stereocenters. The van der Waals surface area contributed by atoms with Gasteiger partial charge in [-0.3, -0.25) is 0 Å². The van der Waals surface area contributed by atoms with Gasteiger partial charge in [-0.1, -0.05) is 11.6 Å². The molecule has 0 unspecified atom stereocenters. The number of rotatable bonds is 3. The van der Waals surface area contributed by atoms with Crippen LogP contribution in [0.25, 0.3) is 0 Å². The first-order chi connectivity index (χ1) is 5.74. The number of benzene rings is 1. The Balaban J connectivity index is 2.75. The molecular formula is C9H12ClNO. The molecule has 0 aliphatic carbocycles. The molecule has 0 heterocycles. The molecule has 0 spiro atoms. The van der Waals surface area contributed by atoms with Crippen LogP contribution in [0.5, 0.6) is 0 Å². The fraction of sp³-hybridized carbons (Fsp3) is 0.333. The molecule has 12 heavy (non-hydrogen) atoms. The van der Waals surface area contributed by atoms with Crippen molar-refractivity contribution in [3.8, 4) is 0 Å². The number of nitrogens with two attached hydrogens (primary N) is 1. The van der Waals surface area contributed by atoms with Gasteiger partial charge in [-0.25, -0.2) is 0 Å². The third-order valence-corrected chi connectivity index (χ3v) is 1.80. The minimum absolute atomic E-state index is 0.531. The lowest BCUT2D eigenvalue weighted by molar-refractivity contribution is 0.134. The summed E-state index contributed by atoms with van der Waals surface area (Å²) in [5.74, 6) is 0. The van der Waals surface area contributed by atoms with Crippen molar-refractivity contribution in [1.29, 1.82) is 0 Å². The molecule has 0 aromatic heterocycles. The van der Waals surface area contributed by atoms with Crippen molar-refractivity contribution >= 4 is 17.3 Å². The van der Waals surface area contributed by atoms with Gasteiger partial charge >= 0.3 is 0 Å². The minimum atomic E-state index is 0.531. The van der Waals surface area contributed by atoms with E-state index in [1.54, 1.807) is 12.1 Å². The van der Waals surface area contributed by atoms with Crippen LogP contribution in [0, 0.1) is 0 Å². The molecule has 1 rings (SSSR count). The van der Waals surface area contributed by atoms with Crippen molar-refractivity contribution in [1.82, 2.24) is 0 Å². The highest BCUT2D eigenvalue weighted by atomic mass is 35.5. The van der Waals surface area contributed by atoms with Crippen LogP contribution >= 0.6 is 11.6 Å². The third kappa shape index (κ3) is 2.40. The van der Waals surface area contributed by atoms with Gasteiger partial charge in [-0.15, -0.1) is 0 Å². The fourth-order valence-electron chi connectivity index (χ4n) is 0.911. The SMILES string of the molecule is CCOCc1cc(Cl)ccc1N. The Kier molecular flexibility index (Phi) is 3.38. The van der Waals surface area contributed by atoms with Crippen molar-refractivity contribution < 1.29 is 4.74 Å². The predicted octanol–water partition coefficient (Wildman–Crippen LogP) is 2.46. The highest BCUT2D eigenvalue weighted by Gasteiger charge is 1.98. The highest BCUT2D eigenvalue weighted by molar-refractivity contribution is 6.30. The van der Waals surface area contributed by atoms with Crippen molar-refractivity contribution in [3.05, 3.63) is 28.8 Å². The maximum absolute atomic E-state index is 5.78. The zero-order valence-corrected chi connectivity index (χ0v) is 7.77. The molecule has 0 aliphatic heterocycles. The van der Waals surface area contributed by atoms with Gasteiger partial charge in [-0.2, -0.15) is 0 Å². The molecular weight excluding hydrogens is 174 g/mol. The number of hydrogen-bond donors (Lipinski definition) is 1. The standard InChI is InChI=1S/C9H12ClNO/c1-2-12-6-7-5-8(10)3-4-9(7)11/h3-5H,2,6,11H2,1H3. The number of anilines is 1. The Bertz CT molecular complexity index is 263. The number of halogens is 1. The van der Waals surface area contributed by atoms with Crippen LogP contribution in [0.2, 0.25) is 5.02 Å². The van der Waals surface area contributed by atoms with Crippen LogP contribution in [0.1, 0.15) is 12.5 Å². The van der Waals surface area contributed by atoms with Gasteiger partial charge in [0, 0.05) is 22.9 Å². The van der Waals surface area contributed by atoms with Gasteiger partial charge in [-0.05, 0) is 25.1 Å². The largest absolute Gasteiger partial charge is 0.398 e. The van der Waals surface area contributed by atoms with Crippen molar-refractivity contribution in [2.45, 2.75) is 13.5 Å². The summed E-state index contributed by atoms with van der Waals surface area (Å²) in [6, 6.07) is 5.38. The average molecular weight is 186 g/mol. The lowest BCUT2D eigenvalue weighted by Gasteiger charge is -2.05. The first kappa shape index (κ1) is 9.36. The molecule has 0 bridgehead atoms. The van der Waals surface area contributed by atoms with Crippen LogP contribution < -0.4 is 5.73 Å². The molecule has 0 saturated heterocycles. The maximum Gasteiger partial charge on any atom is 0.0737 e. The van der Waals surface area contributed by atoms with E-state index in [1.165, 1.54) is 0 Å². The molecule has 2 N–H and O–H groups in total. The summed E-state index contributed by atoms with van der Waals surface area (Å²) in [7, 11) is 0. The highest BCUT2D eigenvalue weighted by Crippen LogP contribution is 2.18. The predicted molar refractivity (Wildman–Crippen MR) is 51.2 cm³/mol. The Hall–Kier alpha value is -0.730. The lowest BCUT2D eigenvalue weighted by Crippen LogP contribution is -1.97. The van der Waals surface area contributed by atoms with Crippen LogP contribution in [0.4, 0.5) is 5.69 Å². The van der Waals surface area contributed by atoms with Gasteiger partial charge < -0.3 is 10.5 Å². The monoisotopic (exact) mass is 185 g/mol. The molecule has 3 heteroatoms. The van der Waals surface area contributed by atoms with E-state index in [1.807, 2.05) is 13.0 Å². The Morgan fingerprint density at radius 3 is 2.92 bits per heavy atom. The zero-order chi connectivity index (χ0) is 8.97. The van der Waals surface area contributed by atoms with Crippen LogP contribution in [-0.2, 0) is 11.3 Å². The van der Waals surface area contributed by atoms with E-state index in [9.17, 15) is 0 Å². The molecule has 2 nitrogen and oxygen atoms in total. The van der Waals surface area contributed by atoms with E-state index >= 15 is 0 Å². The maximum atomic E-state index is 5.78. The second-order valence-electron chi connectivity index (χ2n) is 2.48. The molecule has 0 aliphatic rings. The van der Waals surface area contributed by atoms with Crippen molar-refractivity contribution in [2.75, 3.05) is 12.3 Å². The Morgan fingerprint density at radius 1 is 1.50 bits per heavy atom. The van der Waals surface area contributed by atoms with Gasteiger partial charge in [0.2, 0.25) is 0 Å². The molecule has 1 aromatic carbocycles. The summed E-state index contributed by atoms with van der Waals surface area (Å²) in [6.07, 6.45) is 0. The van der Waals surface area contributed by atoms with E-state index in [0.717, 1.165) is 11.3 Å². The molecule has 66 valence electrons. The summed E-state index contributed by atoms with van der Waals surface area (Å²) >= 11 is 5.78. The summed E-state index contributed by atoms with van der Waals surface area (Å²) in [5, 5.41) is 0.693. The third-order valence-electron chi connectivity index (χ3n) is 1.57. The zero-order valence-electron chi connectivity index (χ0n) is 7.01. The normalized spacial score (nSPS) is 10.2. The van der Waals surface area contributed by atoms with E-state index in [4.69, 9.17) is 22.1 Å². The molecule has 0 fully saturated rings. The average Bonchev–Trinajstić information content (AvgIpc) is 2.07. The fourth-order valence-corrected chi connectivity index (χ4v) is 1.11. The first-order valence-corrected chi connectivity index (χ1v) is 4.23. The smallest absolute Gasteiger partial charge is 0.0737 e. The molecule has 0 radical (unpaired) electrons. The first-order valence-electron chi connectivity index (χ1n) is 3.85. The van der Waals surface area contributed by atoms with Gasteiger partial charge in [0.1, 0.15) is 0 Å². The summed E-state index contributed by atoms with van der Waals surface area (Å²) < 4.78 is 5.22. The van der Waals surface area contributed by atoms with E-state index < -0.39 is 0 Å². The number of ether oxygens (including phenoxy) is 1. The number of hydrogen-bond acceptors (Lipinski definition) is 2.